The Hall–Kier alpha value is -1.78. The van der Waals surface area contributed by atoms with Crippen LogP contribution in [0.2, 0.25) is 0 Å². The molecular weight excluding hydrogens is 245 g/mol. The molecule has 0 atom stereocenters. The van der Waals surface area contributed by atoms with E-state index in [1.807, 2.05) is 0 Å². The minimum atomic E-state index is -4.38. The first kappa shape index (κ1) is 12.7. The maximum Gasteiger partial charge on any atom is 0.416 e. The first-order valence-electron chi connectivity index (χ1n) is 5.52. The van der Waals surface area contributed by atoms with Crippen molar-refractivity contribution >= 4 is 11.4 Å². The number of carbonyl (C=O) groups is 1. The van der Waals surface area contributed by atoms with Crippen molar-refractivity contribution in [2.45, 2.75) is 25.4 Å². The number of Topliss-reactive ketones (excluding diaryl/α,β-unsaturated/α-hetero) is 1. The molecule has 1 N–H and O–H groups in total. The lowest BCUT2D eigenvalue weighted by Crippen LogP contribution is -2.11. The summed E-state index contributed by atoms with van der Waals surface area (Å²) in [6.45, 7) is 0. The van der Waals surface area contributed by atoms with Crippen molar-refractivity contribution in [2.75, 3.05) is 0 Å². The maximum atomic E-state index is 12.4. The van der Waals surface area contributed by atoms with Gasteiger partial charge in [-0.05, 0) is 30.5 Å². The van der Waals surface area contributed by atoms with Crippen LogP contribution in [0.3, 0.4) is 0 Å². The van der Waals surface area contributed by atoms with E-state index in [9.17, 15) is 23.1 Å². The molecule has 18 heavy (non-hydrogen) atoms. The molecule has 0 saturated carbocycles. The number of halogens is 3. The number of benzene rings is 1. The van der Waals surface area contributed by atoms with Crippen LogP contribution in [0.15, 0.2) is 30.0 Å². The second-order valence-corrected chi connectivity index (χ2v) is 4.18. The molecule has 5 heteroatoms. The van der Waals surface area contributed by atoms with Crippen molar-refractivity contribution in [3.63, 3.8) is 0 Å². The molecule has 0 radical (unpaired) electrons. The number of aliphatic hydroxyl groups is 1. The van der Waals surface area contributed by atoms with Crippen molar-refractivity contribution in [3.8, 4) is 0 Å². The summed E-state index contributed by atoms with van der Waals surface area (Å²) >= 11 is 0. The third kappa shape index (κ3) is 2.39. The Morgan fingerprint density at radius 2 is 1.67 bits per heavy atom. The highest BCUT2D eigenvalue weighted by Crippen LogP contribution is 2.33. The lowest BCUT2D eigenvalue weighted by molar-refractivity contribution is -0.137. The molecule has 1 aromatic carbocycles. The Morgan fingerprint density at radius 3 is 2.22 bits per heavy atom. The highest BCUT2D eigenvalue weighted by atomic mass is 19.4. The summed E-state index contributed by atoms with van der Waals surface area (Å²) in [7, 11) is 0. The highest BCUT2D eigenvalue weighted by molar-refractivity contribution is 6.01. The number of alkyl halides is 3. The summed E-state index contributed by atoms with van der Waals surface area (Å²) in [6, 6.07) is 4.48. The number of allylic oxidation sites excluding steroid dienone is 2. The van der Waals surface area contributed by atoms with E-state index in [-0.39, 0.29) is 18.0 Å². The van der Waals surface area contributed by atoms with E-state index in [0.717, 1.165) is 12.1 Å². The molecule has 1 aromatic rings. The number of hydrogen-bond acceptors (Lipinski definition) is 2. The van der Waals surface area contributed by atoms with Crippen LogP contribution in [0.25, 0.3) is 5.57 Å². The largest absolute Gasteiger partial charge is 0.504 e. The molecular formula is C13H11F3O2. The van der Waals surface area contributed by atoms with Gasteiger partial charge >= 0.3 is 6.18 Å². The van der Waals surface area contributed by atoms with Crippen molar-refractivity contribution < 1.29 is 23.1 Å². The number of ketones is 1. The second-order valence-electron chi connectivity index (χ2n) is 4.18. The first-order valence-corrected chi connectivity index (χ1v) is 5.52. The van der Waals surface area contributed by atoms with Crippen LogP contribution >= 0.6 is 0 Å². The normalized spacial score (nSPS) is 17.2. The van der Waals surface area contributed by atoms with Gasteiger partial charge in [0.15, 0.2) is 11.5 Å². The van der Waals surface area contributed by atoms with E-state index in [2.05, 4.69) is 0 Å². The third-order valence-electron chi connectivity index (χ3n) is 2.94. The molecule has 0 spiro atoms. The zero-order chi connectivity index (χ0) is 13.3. The van der Waals surface area contributed by atoms with Gasteiger partial charge in [-0.1, -0.05) is 12.1 Å². The van der Waals surface area contributed by atoms with Gasteiger partial charge in [-0.3, -0.25) is 4.79 Å². The van der Waals surface area contributed by atoms with Gasteiger partial charge in [0.2, 0.25) is 0 Å². The van der Waals surface area contributed by atoms with Crippen LogP contribution < -0.4 is 0 Å². The minimum absolute atomic E-state index is 0.288. The summed E-state index contributed by atoms with van der Waals surface area (Å²) in [6.07, 6.45) is -2.98. The van der Waals surface area contributed by atoms with E-state index in [1.54, 1.807) is 0 Å². The standard InChI is InChI=1S/C13H11F3O2/c14-13(15,16)9-6-4-8(5-7-9)10-2-1-3-11(17)12(10)18/h4-7,18H,1-3H2. The zero-order valence-electron chi connectivity index (χ0n) is 9.42. The van der Waals surface area contributed by atoms with Gasteiger partial charge in [-0.25, -0.2) is 0 Å². The number of hydrogen-bond donors (Lipinski definition) is 1. The van der Waals surface area contributed by atoms with Gasteiger partial charge in [0.25, 0.3) is 0 Å². The van der Waals surface area contributed by atoms with Crippen molar-refractivity contribution in [2.24, 2.45) is 0 Å². The van der Waals surface area contributed by atoms with E-state index in [0.29, 0.717) is 24.0 Å². The van der Waals surface area contributed by atoms with Crippen LogP contribution in [0.5, 0.6) is 0 Å². The smallest absolute Gasteiger partial charge is 0.416 e. The fourth-order valence-electron chi connectivity index (χ4n) is 1.97. The van der Waals surface area contributed by atoms with Gasteiger partial charge in [-0.2, -0.15) is 13.2 Å². The summed E-state index contributed by atoms with van der Waals surface area (Å²) in [4.78, 5) is 11.3. The van der Waals surface area contributed by atoms with Gasteiger partial charge < -0.3 is 5.11 Å². The number of carbonyl (C=O) groups excluding carboxylic acids is 1. The predicted octanol–water partition coefficient (Wildman–Crippen LogP) is 3.73. The van der Waals surface area contributed by atoms with E-state index < -0.39 is 11.7 Å². The molecule has 0 unspecified atom stereocenters. The molecule has 0 saturated heterocycles. The van der Waals surface area contributed by atoms with Crippen molar-refractivity contribution in [1.29, 1.82) is 0 Å². The Morgan fingerprint density at radius 1 is 1.06 bits per heavy atom. The zero-order valence-corrected chi connectivity index (χ0v) is 9.42. The molecule has 0 bridgehead atoms. The fraction of sp³-hybridized carbons (Fsp3) is 0.308. The fourth-order valence-corrected chi connectivity index (χ4v) is 1.97. The van der Waals surface area contributed by atoms with Crippen LogP contribution in [-0.4, -0.2) is 10.9 Å². The summed E-state index contributed by atoms with van der Waals surface area (Å²) in [5.41, 5.74) is 0.155. The monoisotopic (exact) mass is 256 g/mol. The second kappa shape index (κ2) is 4.48. The number of rotatable bonds is 1. The summed E-state index contributed by atoms with van der Waals surface area (Å²) in [5.74, 6) is -0.669. The third-order valence-corrected chi connectivity index (χ3v) is 2.94. The molecule has 1 aliphatic rings. The van der Waals surface area contributed by atoms with Crippen LogP contribution in [-0.2, 0) is 11.0 Å². The average molecular weight is 256 g/mol. The van der Waals surface area contributed by atoms with Gasteiger partial charge in [-0.15, -0.1) is 0 Å². The minimum Gasteiger partial charge on any atom is -0.504 e. The lowest BCUT2D eigenvalue weighted by atomic mass is 9.91. The SMILES string of the molecule is O=C1CCCC(c2ccc(C(F)(F)F)cc2)=C1O. The Bertz CT molecular complexity index is 498. The van der Waals surface area contributed by atoms with Gasteiger partial charge in [0.05, 0.1) is 5.56 Å². The quantitative estimate of drug-likeness (QED) is 0.831. The summed E-state index contributed by atoms with van der Waals surface area (Å²) < 4.78 is 37.2. The molecule has 0 aromatic heterocycles. The van der Waals surface area contributed by atoms with Crippen molar-refractivity contribution in [1.82, 2.24) is 0 Å². The number of aliphatic hydroxyl groups excluding tert-OH is 1. The molecule has 0 amide bonds. The molecule has 0 fully saturated rings. The molecule has 2 rings (SSSR count). The molecule has 1 aliphatic carbocycles. The molecule has 0 aliphatic heterocycles. The summed E-state index contributed by atoms with van der Waals surface area (Å²) in [5, 5.41) is 9.63. The molecule has 2 nitrogen and oxygen atoms in total. The van der Waals surface area contributed by atoms with Gasteiger partial charge in [0.1, 0.15) is 0 Å². The van der Waals surface area contributed by atoms with Gasteiger partial charge in [0, 0.05) is 12.0 Å². The highest BCUT2D eigenvalue weighted by Gasteiger charge is 2.30. The van der Waals surface area contributed by atoms with E-state index in [4.69, 9.17) is 0 Å². The lowest BCUT2D eigenvalue weighted by Gasteiger charge is -2.16. The molecule has 96 valence electrons. The maximum absolute atomic E-state index is 12.4. The topological polar surface area (TPSA) is 37.3 Å². The van der Waals surface area contributed by atoms with Crippen LogP contribution in [0.1, 0.15) is 30.4 Å². The van der Waals surface area contributed by atoms with E-state index in [1.165, 1.54) is 12.1 Å². The molecule has 0 heterocycles. The Labute approximate surface area is 102 Å². The van der Waals surface area contributed by atoms with Crippen LogP contribution in [0.4, 0.5) is 13.2 Å². The van der Waals surface area contributed by atoms with Crippen LogP contribution in [0, 0.1) is 0 Å². The Kier molecular flexibility index (Phi) is 3.15. The predicted molar refractivity (Wildman–Crippen MR) is 59.9 cm³/mol. The Balaban J connectivity index is 2.36. The van der Waals surface area contributed by atoms with Crippen molar-refractivity contribution in [3.05, 3.63) is 41.2 Å². The first-order chi connectivity index (χ1) is 8.39. The average Bonchev–Trinajstić information content (AvgIpc) is 2.32. The van der Waals surface area contributed by atoms with E-state index >= 15 is 0 Å².